The van der Waals surface area contributed by atoms with Gasteiger partial charge in [0.1, 0.15) is 13.2 Å². The molecule has 0 aromatic rings. The minimum Gasteiger partial charge on any atom is -0.462 e. The maximum absolute atomic E-state index is 12.7. The van der Waals surface area contributed by atoms with Crippen LogP contribution < -0.4 is 0 Å². The van der Waals surface area contributed by atoms with Crippen LogP contribution in [0, 0.1) is 11.8 Å². The standard InChI is InChI=1S/C47H90O6/c1-6-7-8-9-10-11-17-22-27-32-37-45(48)51-40-44(53-47(50)39-34-29-24-19-14-16-21-26-31-36-43(4)5)41-52-46(49)38-33-28-23-18-13-12-15-20-25-30-35-42(2)3/h42-44H,6-41H2,1-5H3/t44-/m1/s1. The first-order chi connectivity index (χ1) is 25.7. The third kappa shape index (κ3) is 41.4. The Kier molecular flexibility index (Phi) is 38.9. The minimum absolute atomic E-state index is 0.0650. The lowest BCUT2D eigenvalue weighted by Crippen LogP contribution is -2.30. The molecular weight excluding hydrogens is 661 g/mol. The molecule has 0 amide bonds. The second-order valence-electron chi connectivity index (χ2n) is 17.0. The predicted molar refractivity (Wildman–Crippen MR) is 224 cm³/mol. The first-order valence-electron chi connectivity index (χ1n) is 23.2. The van der Waals surface area contributed by atoms with Gasteiger partial charge < -0.3 is 14.2 Å². The quantitative estimate of drug-likeness (QED) is 0.0352. The second-order valence-corrected chi connectivity index (χ2v) is 17.0. The molecule has 0 bridgehead atoms. The Morgan fingerprint density at radius 3 is 0.925 bits per heavy atom. The third-order valence-corrected chi connectivity index (χ3v) is 10.5. The number of carbonyl (C=O) groups excluding carboxylic acids is 3. The molecule has 0 heterocycles. The summed E-state index contributed by atoms with van der Waals surface area (Å²) in [5, 5.41) is 0. The molecule has 0 aromatic heterocycles. The van der Waals surface area contributed by atoms with Gasteiger partial charge in [-0.3, -0.25) is 14.4 Å². The van der Waals surface area contributed by atoms with Gasteiger partial charge >= 0.3 is 17.9 Å². The molecule has 0 unspecified atom stereocenters. The van der Waals surface area contributed by atoms with Crippen molar-refractivity contribution in [3.63, 3.8) is 0 Å². The van der Waals surface area contributed by atoms with Crippen molar-refractivity contribution in [1.29, 1.82) is 0 Å². The normalized spacial score (nSPS) is 12.1. The van der Waals surface area contributed by atoms with Gasteiger partial charge in [-0.1, -0.05) is 214 Å². The number of rotatable bonds is 41. The van der Waals surface area contributed by atoms with Crippen molar-refractivity contribution in [2.24, 2.45) is 11.8 Å². The Balaban J connectivity index is 4.33. The highest BCUT2D eigenvalue weighted by Gasteiger charge is 2.19. The Morgan fingerprint density at radius 2 is 0.623 bits per heavy atom. The highest BCUT2D eigenvalue weighted by Crippen LogP contribution is 2.16. The molecule has 0 saturated carbocycles. The molecule has 314 valence electrons. The highest BCUT2D eigenvalue weighted by molar-refractivity contribution is 5.71. The van der Waals surface area contributed by atoms with Crippen LogP contribution in [0.3, 0.4) is 0 Å². The largest absolute Gasteiger partial charge is 0.462 e. The summed E-state index contributed by atoms with van der Waals surface area (Å²) in [6, 6.07) is 0. The molecule has 6 nitrogen and oxygen atoms in total. The zero-order chi connectivity index (χ0) is 39.0. The van der Waals surface area contributed by atoms with Crippen LogP contribution in [0.15, 0.2) is 0 Å². The number of hydrogen-bond donors (Lipinski definition) is 0. The highest BCUT2D eigenvalue weighted by atomic mass is 16.6. The molecule has 0 aliphatic rings. The summed E-state index contributed by atoms with van der Waals surface area (Å²) >= 11 is 0. The molecule has 0 aliphatic heterocycles. The summed E-state index contributed by atoms with van der Waals surface area (Å²) in [6.45, 7) is 11.3. The summed E-state index contributed by atoms with van der Waals surface area (Å²) in [6.07, 6.45) is 38.0. The average Bonchev–Trinajstić information content (AvgIpc) is 3.12. The number of carbonyl (C=O) groups is 3. The maximum Gasteiger partial charge on any atom is 0.306 e. The molecule has 0 spiro atoms. The molecule has 0 aromatic carbocycles. The Bertz CT molecular complexity index is 809. The van der Waals surface area contributed by atoms with Crippen LogP contribution >= 0.6 is 0 Å². The predicted octanol–water partition coefficient (Wildman–Crippen LogP) is 14.6. The fourth-order valence-corrected chi connectivity index (χ4v) is 6.93. The van der Waals surface area contributed by atoms with E-state index >= 15 is 0 Å². The number of esters is 3. The van der Waals surface area contributed by atoms with E-state index < -0.39 is 6.10 Å². The number of hydrogen-bond acceptors (Lipinski definition) is 6. The van der Waals surface area contributed by atoms with Crippen LogP contribution in [0.5, 0.6) is 0 Å². The van der Waals surface area contributed by atoms with Gasteiger partial charge in [-0.05, 0) is 31.1 Å². The summed E-state index contributed by atoms with van der Waals surface area (Å²) in [5.41, 5.74) is 0. The van der Waals surface area contributed by atoms with Crippen molar-refractivity contribution in [2.75, 3.05) is 13.2 Å². The van der Waals surface area contributed by atoms with Gasteiger partial charge in [-0.2, -0.15) is 0 Å². The first kappa shape index (κ1) is 51.4. The molecule has 0 rings (SSSR count). The van der Waals surface area contributed by atoms with Crippen LogP contribution in [0.2, 0.25) is 0 Å². The molecule has 0 N–H and O–H groups in total. The first-order valence-corrected chi connectivity index (χ1v) is 23.2. The van der Waals surface area contributed by atoms with Gasteiger partial charge in [-0.15, -0.1) is 0 Å². The van der Waals surface area contributed by atoms with Crippen molar-refractivity contribution in [2.45, 2.75) is 259 Å². The lowest BCUT2D eigenvalue weighted by Gasteiger charge is -2.18. The molecule has 6 heteroatoms. The van der Waals surface area contributed by atoms with E-state index in [9.17, 15) is 14.4 Å². The van der Waals surface area contributed by atoms with Gasteiger partial charge in [-0.25, -0.2) is 0 Å². The van der Waals surface area contributed by atoms with E-state index in [-0.39, 0.29) is 31.1 Å². The minimum atomic E-state index is -0.760. The molecule has 1 atom stereocenters. The Labute approximate surface area is 329 Å². The second kappa shape index (κ2) is 40.1. The van der Waals surface area contributed by atoms with E-state index in [4.69, 9.17) is 14.2 Å². The fraction of sp³-hybridized carbons (Fsp3) is 0.936. The van der Waals surface area contributed by atoms with Crippen LogP contribution in [0.4, 0.5) is 0 Å². The van der Waals surface area contributed by atoms with Gasteiger partial charge in [0.2, 0.25) is 0 Å². The number of ether oxygens (including phenoxy) is 3. The fourth-order valence-electron chi connectivity index (χ4n) is 6.93. The van der Waals surface area contributed by atoms with Crippen molar-refractivity contribution in [1.82, 2.24) is 0 Å². The molecule has 53 heavy (non-hydrogen) atoms. The molecule has 0 fully saturated rings. The van der Waals surface area contributed by atoms with Crippen molar-refractivity contribution in [3.05, 3.63) is 0 Å². The van der Waals surface area contributed by atoms with Crippen molar-refractivity contribution >= 4 is 17.9 Å². The third-order valence-electron chi connectivity index (χ3n) is 10.5. The van der Waals surface area contributed by atoms with E-state index in [0.717, 1.165) is 69.6 Å². The zero-order valence-corrected chi connectivity index (χ0v) is 36.1. The lowest BCUT2D eigenvalue weighted by molar-refractivity contribution is -0.167. The van der Waals surface area contributed by atoms with E-state index in [0.29, 0.717) is 19.3 Å². The van der Waals surface area contributed by atoms with Gasteiger partial charge in [0.15, 0.2) is 6.10 Å². The lowest BCUT2D eigenvalue weighted by atomic mass is 10.0. The molecular formula is C47H90O6. The monoisotopic (exact) mass is 751 g/mol. The van der Waals surface area contributed by atoms with E-state index in [2.05, 4.69) is 34.6 Å². The van der Waals surface area contributed by atoms with Crippen LogP contribution in [0.1, 0.15) is 253 Å². The molecule has 0 saturated heterocycles. The summed E-state index contributed by atoms with van der Waals surface area (Å²) in [4.78, 5) is 37.7. The van der Waals surface area contributed by atoms with Crippen LogP contribution in [0.25, 0.3) is 0 Å². The topological polar surface area (TPSA) is 78.9 Å². The Hall–Kier alpha value is -1.59. The van der Waals surface area contributed by atoms with E-state index in [1.165, 1.54) is 141 Å². The zero-order valence-electron chi connectivity index (χ0n) is 36.1. The number of unbranched alkanes of at least 4 members (excludes halogenated alkanes) is 26. The van der Waals surface area contributed by atoms with Crippen molar-refractivity contribution < 1.29 is 28.6 Å². The smallest absolute Gasteiger partial charge is 0.306 e. The van der Waals surface area contributed by atoms with Crippen molar-refractivity contribution in [3.8, 4) is 0 Å². The van der Waals surface area contributed by atoms with Crippen LogP contribution in [-0.4, -0.2) is 37.2 Å². The summed E-state index contributed by atoms with van der Waals surface area (Å²) in [7, 11) is 0. The average molecular weight is 751 g/mol. The molecule has 0 aliphatic carbocycles. The van der Waals surface area contributed by atoms with Gasteiger partial charge in [0.25, 0.3) is 0 Å². The summed E-state index contributed by atoms with van der Waals surface area (Å²) in [5.74, 6) is 0.766. The molecule has 0 radical (unpaired) electrons. The SMILES string of the molecule is CCCCCCCCCCCCC(=O)OC[C@H](COC(=O)CCCCCCCCCCCCC(C)C)OC(=O)CCCCCCCCCCCC(C)C. The summed E-state index contributed by atoms with van der Waals surface area (Å²) < 4.78 is 16.7. The van der Waals surface area contributed by atoms with Crippen LogP contribution in [-0.2, 0) is 28.6 Å². The van der Waals surface area contributed by atoms with Gasteiger partial charge in [0.05, 0.1) is 0 Å². The maximum atomic E-state index is 12.7. The Morgan fingerprint density at radius 1 is 0.358 bits per heavy atom. The van der Waals surface area contributed by atoms with E-state index in [1.807, 2.05) is 0 Å². The van der Waals surface area contributed by atoms with Gasteiger partial charge in [0, 0.05) is 19.3 Å². The van der Waals surface area contributed by atoms with E-state index in [1.54, 1.807) is 0 Å².